The molecule has 0 fully saturated rings. The number of para-hydroxylation sites is 1. The number of aromatic nitrogens is 2. The lowest BCUT2D eigenvalue weighted by molar-refractivity contribution is -0.120. The smallest absolute Gasteiger partial charge is 0.225 e. The highest BCUT2D eigenvalue weighted by Gasteiger charge is 2.12. The van der Waals surface area contributed by atoms with Gasteiger partial charge in [-0.3, -0.25) is 4.79 Å². The number of carbonyl (C=O) groups excluding carboxylic acids is 1. The molecule has 3 aromatic heterocycles. The molecule has 0 spiro atoms. The Morgan fingerprint density at radius 1 is 1.27 bits per heavy atom. The molecule has 4 aromatic rings. The molecule has 0 saturated carbocycles. The normalized spacial score (nSPS) is 11.1. The Kier molecular flexibility index (Phi) is 4.71. The number of rotatable bonds is 5. The topological polar surface area (TPSA) is 70.9 Å². The monoisotopic (exact) mass is 401 g/mol. The number of amides is 1. The number of furan rings is 1. The van der Waals surface area contributed by atoms with Crippen molar-refractivity contribution in [2.45, 2.75) is 19.9 Å². The van der Waals surface area contributed by atoms with E-state index in [1.807, 2.05) is 43.3 Å². The Hall–Kier alpha value is -2.29. The molecule has 5 nitrogen and oxygen atoms in total. The van der Waals surface area contributed by atoms with Gasteiger partial charge < -0.3 is 14.7 Å². The summed E-state index contributed by atoms with van der Waals surface area (Å²) in [7, 11) is 0. The van der Waals surface area contributed by atoms with Crippen molar-refractivity contribution in [3.8, 4) is 10.8 Å². The summed E-state index contributed by atoms with van der Waals surface area (Å²) in [5.41, 5.74) is 1.91. The Balaban J connectivity index is 1.41. The van der Waals surface area contributed by atoms with Crippen LogP contribution in [0.5, 0.6) is 0 Å². The summed E-state index contributed by atoms with van der Waals surface area (Å²) in [5.74, 6) is 1.36. The molecule has 0 aliphatic heterocycles. The maximum Gasteiger partial charge on any atom is 0.225 e. The van der Waals surface area contributed by atoms with Gasteiger partial charge in [0.05, 0.1) is 23.2 Å². The van der Waals surface area contributed by atoms with Crippen LogP contribution in [0.3, 0.4) is 0 Å². The third-order valence-electron chi connectivity index (χ3n) is 3.87. The van der Waals surface area contributed by atoms with Crippen molar-refractivity contribution >= 4 is 51.0 Å². The predicted octanol–water partition coefficient (Wildman–Crippen LogP) is 4.84. The second-order valence-electron chi connectivity index (χ2n) is 5.77. The van der Waals surface area contributed by atoms with Crippen LogP contribution >= 0.6 is 34.9 Å². The number of hydrogen-bond donors (Lipinski definition) is 2. The van der Waals surface area contributed by atoms with E-state index in [0.717, 1.165) is 31.6 Å². The fourth-order valence-electron chi connectivity index (χ4n) is 2.56. The lowest BCUT2D eigenvalue weighted by Crippen LogP contribution is -2.24. The van der Waals surface area contributed by atoms with Crippen molar-refractivity contribution in [1.82, 2.24) is 15.3 Å². The summed E-state index contributed by atoms with van der Waals surface area (Å²) in [6, 6.07) is 11.7. The number of nitrogens with one attached hydrogen (secondary N) is 2. The Morgan fingerprint density at radius 2 is 2.12 bits per heavy atom. The molecule has 132 valence electrons. The molecule has 0 atom stereocenters. The van der Waals surface area contributed by atoms with Gasteiger partial charge in [-0.1, -0.05) is 12.1 Å². The first-order valence-corrected chi connectivity index (χ1v) is 10.0. The predicted molar refractivity (Wildman–Crippen MR) is 107 cm³/mol. The van der Waals surface area contributed by atoms with E-state index in [0.29, 0.717) is 22.7 Å². The van der Waals surface area contributed by atoms with Gasteiger partial charge in [0, 0.05) is 10.6 Å². The van der Waals surface area contributed by atoms with Gasteiger partial charge in [0.15, 0.2) is 14.7 Å². The number of aryl methyl sites for hydroxylation is 1. The van der Waals surface area contributed by atoms with E-state index in [1.54, 1.807) is 11.3 Å². The number of H-pyrrole nitrogens is 1. The average Bonchev–Trinajstić information content (AvgIpc) is 3.31. The number of fused-ring (bicyclic) bond motifs is 1. The van der Waals surface area contributed by atoms with Gasteiger partial charge in [-0.25, -0.2) is 4.98 Å². The Labute approximate surface area is 162 Å². The molecule has 0 radical (unpaired) electrons. The van der Waals surface area contributed by atoms with E-state index in [-0.39, 0.29) is 5.91 Å². The summed E-state index contributed by atoms with van der Waals surface area (Å²) in [4.78, 5) is 20.7. The van der Waals surface area contributed by atoms with Crippen LogP contribution in [-0.2, 0) is 17.8 Å². The minimum absolute atomic E-state index is 0.0590. The van der Waals surface area contributed by atoms with Gasteiger partial charge in [0.2, 0.25) is 5.91 Å². The van der Waals surface area contributed by atoms with Gasteiger partial charge in [0.25, 0.3) is 0 Å². The summed E-state index contributed by atoms with van der Waals surface area (Å²) in [6.07, 6.45) is 0.315. The summed E-state index contributed by atoms with van der Waals surface area (Å²) in [5, 5.41) is 3.72. The highest BCUT2D eigenvalue weighted by atomic mass is 32.1. The standard InChI is InChI=1S/C18H15N3O2S3/c1-10-15(26-18(24)20-10)8-16(22)19-9-11-6-7-13(23-11)17-21-12-4-2-3-5-14(12)25-17/h2-7H,8-9H2,1H3,(H,19,22)(H,20,24). The van der Waals surface area contributed by atoms with Crippen molar-refractivity contribution < 1.29 is 9.21 Å². The fourth-order valence-corrected chi connectivity index (χ4v) is 4.78. The first kappa shape index (κ1) is 17.1. The van der Waals surface area contributed by atoms with Crippen molar-refractivity contribution in [2.24, 2.45) is 0 Å². The quantitative estimate of drug-likeness (QED) is 0.469. The van der Waals surface area contributed by atoms with Crippen LogP contribution in [0.1, 0.15) is 16.3 Å². The summed E-state index contributed by atoms with van der Waals surface area (Å²) in [6.45, 7) is 2.27. The van der Waals surface area contributed by atoms with Crippen LogP contribution < -0.4 is 5.32 Å². The number of thiazole rings is 2. The molecule has 2 N–H and O–H groups in total. The lowest BCUT2D eigenvalue weighted by Gasteiger charge is -2.02. The van der Waals surface area contributed by atoms with E-state index >= 15 is 0 Å². The van der Waals surface area contributed by atoms with E-state index in [2.05, 4.69) is 15.3 Å². The number of hydrogen-bond acceptors (Lipinski definition) is 6. The molecule has 1 aromatic carbocycles. The van der Waals surface area contributed by atoms with Crippen LogP contribution in [-0.4, -0.2) is 15.9 Å². The summed E-state index contributed by atoms with van der Waals surface area (Å²) >= 11 is 8.12. The maximum atomic E-state index is 12.1. The second-order valence-corrected chi connectivity index (χ2v) is 8.57. The van der Waals surface area contributed by atoms with Crippen LogP contribution in [0.4, 0.5) is 0 Å². The third-order valence-corrected chi connectivity index (χ3v) is 6.26. The van der Waals surface area contributed by atoms with E-state index < -0.39 is 0 Å². The average molecular weight is 402 g/mol. The maximum absolute atomic E-state index is 12.1. The van der Waals surface area contributed by atoms with Gasteiger partial charge >= 0.3 is 0 Å². The number of benzene rings is 1. The summed E-state index contributed by atoms with van der Waals surface area (Å²) < 4.78 is 7.66. The minimum Gasteiger partial charge on any atom is -0.457 e. The van der Waals surface area contributed by atoms with E-state index in [1.165, 1.54) is 11.3 Å². The van der Waals surface area contributed by atoms with Crippen LogP contribution in [0.15, 0.2) is 40.8 Å². The Bertz CT molecular complexity index is 1100. The lowest BCUT2D eigenvalue weighted by atomic mass is 10.3. The van der Waals surface area contributed by atoms with Crippen molar-refractivity contribution in [1.29, 1.82) is 0 Å². The molecule has 0 unspecified atom stereocenters. The first-order chi connectivity index (χ1) is 12.6. The van der Waals surface area contributed by atoms with Gasteiger partial charge in [-0.2, -0.15) is 0 Å². The van der Waals surface area contributed by atoms with Gasteiger partial charge in [-0.15, -0.1) is 22.7 Å². The molecule has 3 heterocycles. The number of nitrogens with zero attached hydrogens (tertiary/aromatic N) is 1. The van der Waals surface area contributed by atoms with E-state index in [9.17, 15) is 4.79 Å². The van der Waals surface area contributed by atoms with Crippen molar-refractivity contribution in [3.63, 3.8) is 0 Å². The SMILES string of the molecule is Cc1[nH]c(=S)sc1CC(=O)NCc1ccc(-c2nc3ccccc3s2)o1. The molecule has 0 aliphatic rings. The van der Waals surface area contributed by atoms with Gasteiger partial charge in [-0.05, 0) is 43.4 Å². The highest BCUT2D eigenvalue weighted by molar-refractivity contribution is 7.73. The molecule has 1 amide bonds. The first-order valence-electron chi connectivity index (χ1n) is 7.98. The molecule has 0 bridgehead atoms. The van der Waals surface area contributed by atoms with Crippen molar-refractivity contribution in [2.75, 3.05) is 0 Å². The molecule has 0 saturated heterocycles. The highest BCUT2D eigenvalue weighted by Crippen LogP contribution is 2.31. The third kappa shape index (κ3) is 3.62. The number of aromatic amines is 1. The Morgan fingerprint density at radius 3 is 2.88 bits per heavy atom. The molecule has 8 heteroatoms. The van der Waals surface area contributed by atoms with E-state index in [4.69, 9.17) is 16.6 Å². The molecular formula is C18H15N3O2S3. The zero-order valence-electron chi connectivity index (χ0n) is 13.9. The largest absolute Gasteiger partial charge is 0.457 e. The van der Waals surface area contributed by atoms with Gasteiger partial charge in [0.1, 0.15) is 5.76 Å². The number of carbonyl (C=O) groups is 1. The van der Waals surface area contributed by atoms with Crippen LogP contribution in [0.2, 0.25) is 0 Å². The zero-order chi connectivity index (χ0) is 18.1. The second kappa shape index (κ2) is 7.14. The molecule has 0 aliphatic carbocycles. The molecule has 26 heavy (non-hydrogen) atoms. The fraction of sp³-hybridized carbons (Fsp3) is 0.167. The molecular weight excluding hydrogens is 386 g/mol. The van der Waals surface area contributed by atoms with Crippen LogP contribution in [0, 0.1) is 10.9 Å². The minimum atomic E-state index is -0.0590. The molecule has 4 rings (SSSR count). The zero-order valence-corrected chi connectivity index (χ0v) is 16.3. The van der Waals surface area contributed by atoms with Crippen LogP contribution in [0.25, 0.3) is 21.0 Å². The van der Waals surface area contributed by atoms with Crippen molar-refractivity contribution in [3.05, 3.63) is 56.7 Å².